The van der Waals surface area contributed by atoms with Crippen LogP contribution >= 0.6 is 0 Å². The molecule has 1 fully saturated rings. The molecule has 10 heteroatoms. The van der Waals surface area contributed by atoms with Crippen molar-refractivity contribution in [2.24, 2.45) is 0 Å². The minimum absolute atomic E-state index is 0.0775. The van der Waals surface area contributed by atoms with Crippen LogP contribution in [0.15, 0.2) is 72.8 Å². The third-order valence-electron chi connectivity index (χ3n) is 7.57. The van der Waals surface area contributed by atoms with Crippen molar-refractivity contribution in [2.75, 3.05) is 36.5 Å². The molecular weight excluding hydrogens is 511 g/mol. The molecule has 0 spiro atoms. The van der Waals surface area contributed by atoms with E-state index in [0.717, 1.165) is 18.8 Å². The third kappa shape index (κ3) is 5.67. The van der Waals surface area contributed by atoms with E-state index in [-0.39, 0.29) is 24.9 Å². The Hall–Kier alpha value is -4.31. The lowest BCUT2D eigenvalue weighted by atomic mass is 9.93. The predicted octanol–water partition coefficient (Wildman–Crippen LogP) is 4.24. The number of aromatic nitrogens is 3. The van der Waals surface area contributed by atoms with Crippen molar-refractivity contribution in [3.63, 3.8) is 0 Å². The fraction of sp³-hybridized carbons (Fsp3) is 0.333. The van der Waals surface area contributed by atoms with Gasteiger partial charge in [-0.15, -0.1) is 5.10 Å². The smallest absolute Gasteiger partial charge is 0.250 e. The van der Waals surface area contributed by atoms with E-state index >= 15 is 0 Å². The summed E-state index contributed by atoms with van der Waals surface area (Å²) in [4.78, 5) is 31.4. The number of nitrogens with zero attached hydrogens (tertiary/aromatic N) is 5. The lowest BCUT2D eigenvalue weighted by molar-refractivity contribution is -0.146. The first-order chi connectivity index (χ1) is 19.4. The number of nitrogens with one attached hydrogen (secondary N) is 1. The Balaban J connectivity index is 1.41. The SMILES string of the molecule is CCC(C)(C(=O)Nc1ccc(N2CCOCC2)cc1)N(Cc1ccccc1F)C(=O)Cn1nnc2ccccc21. The Morgan fingerprint density at radius 3 is 2.45 bits per heavy atom. The fourth-order valence-electron chi connectivity index (χ4n) is 4.90. The van der Waals surface area contributed by atoms with Crippen LogP contribution in [0.2, 0.25) is 0 Å². The Morgan fingerprint density at radius 1 is 1.02 bits per heavy atom. The first-order valence-corrected chi connectivity index (χ1v) is 13.5. The molecule has 0 aliphatic carbocycles. The lowest BCUT2D eigenvalue weighted by Crippen LogP contribution is -2.57. The maximum atomic E-state index is 14.8. The molecule has 1 N–H and O–H groups in total. The number of hydrogen-bond donors (Lipinski definition) is 1. The van der Waals surface area contributed by atoms with E-state index in [4.69, 9.17) is 4.74 Å². The number of benzene rings is 3. The van der Waals surface area contributed by atoms with Gasteiger partial charge in [0.2, 0.25) is 11.8 Å². The highest BCUT2D eigenvalue weighted by atomic mass is 19.1. The van der Waals surface area contributed by atoms with E-state index in [2.05, 4.69) is 20.5 Å². The molecule has 2 amide bonds. The van der Waals surface area contributed by atoms with Gasteiger partial charge in [-0.1, -0.05) is 42.5 Å². The van der Waals surface area contributed by atoms with Crippen LogP contribution < -0.4 is 10.2 Å². The summed E-state index contributed by atoms with van der Waals surface area (Å²) >= 11 is 0. The van der Waals surface area contributed by atoms with Crippen molar-refractivity contribution in [1.82, 2.24) is 19.9 Å². The number of anilines is 2. The molecule has 0 radical (unpaired) electrons. The normalized spacial score (nSPS) is 15.0. The standard InChI is InChI=1S/C30H33FN6O3/c1-3-30(2,29(39)32-23-12-14-24(15-13-23)35-16-18-40-19-17-35)36(20-22-8-4-5-9-25(22)31)28(38)21-37-27-11-7-6-10-26(27)33-34-37/h4-15H,3,16-21H2,1-2H3,(H,32,39). The zero-order chi connectivity index (χ0) is 28.1. The number of fused-ring (bicyclic) bond motifs is 1. The van der Waals surface area contributed by atoms with Crippen LogP contribution in [0.4, 0.5) is 15.8 Å². The number of ether oxygens (including phenoxy) is 1. The molecule has 9 nitrogen and oxygen atoms in total. The van der Waals surface area contributed by atoms with Gasteiger partial charge in [-0.2, -0.15) is 0 Å². The summed E-state index contributed by atoms with van der Waals surface area (Å²) in [5, 5.41) is 11.3. The van der Waals surface area contributed by atoms with Gasteiger partial charge in [-0.25, -0.2) is 9.07 Å². The minimum atomic E-state index is -1.28. The van der Waals surface area contributed by atoms with Crippen LogP contribution in [0.5, 0.6) is 0 Å². The lowest BCUT2D eigenvalue weighted by Gasteiger charge is -2.39. The molecule has 1 saturated heterocycles. The summed E-state index contributed by atoms with van der Waals surface area (Å²) in [5.41, 5.74) is 2.07. The average molecular weight is 545 g/mol. The van der Waals surface area contributed by atoms with E-state index in [1.807, 2.05) is 55.5 Å². The summed E-state index contributed by atoms with van der Waals surface area (Å²) in [6.45, 7) is 6.32. The second-order valence-electron chi connectivity index (χ2n) is 10.0. The van der Waals surface area contributed by atoms with Gasteiger partial charge in [0.05, 0.1) is 18.7 Å². The molecule has 208 valence electrons. The van der Waals surface area contributed by atoms with Gasteiger partial charge in [0.25, 0.3) is 0 Å². The van der Waals surface area contributed by atoms with Gasteiger partial charge in [0.15, 0.2) is 0 Å². The number of carbonyl (C=O) groups is 2. The Labute approximate surface area is 232 Å². The Morgan fingerprint density at radius 2 is 1.73 bits per heavy atom. The first kappa shape index (κ1) is 27.3. The molecule has 0 saturated carbocycles. The molecule has 0 bridgehead atoms. The summed E-state index contributed by atoms with van der Waals surface area (Å²) < 4.78 is 21.7. The molecule has 40 heavy (non-hydrogen) atoms. The summed E-state index contributed by atoms with van der Waals surface area (Å²) in [6.07, 6.45) is 0.309. The van der Waals surface area contributed by atoms with Crippen molar-refractivity contribution in [2.45, 2.75) is 38.9 Å². The number of halogens is 1. The largest absolute Gasteiger partial charge is 0.378 e. The highest BCUT2D eigenvalue weighted by molar-refractivity contribution is 6.00. The van der Waals surface area contributed by atoms with Gasteiger partial charge < -0.3 is 19.9 Å². The second kappa shape index (κ2) is 11.8. The third-order valence-corrected chi connectivity index (χ3v) is 7.57. The Bertz CT molecular complexity index is 1480. The topological polar surface area (TPSA) is 92.6 Å². The number of hydrogen-bond acceptors (Lipinski definition) is 6. The zero-order valence-electron chi connectivity index (χ0n) is 22.7. The highest BCUT2D eigenvalue weighted by Crippen LogP contribution is 2.27. The molecule has 1 aromatic heterocycles. The number of rotatable bonds is 9. The summed E-state index contributed by atoms with van der Waals surface area (Å²) in [7, 11) is 0. The van der Waals surface area contributed by atoms with Crippen molar-refractivity contribution < 1.29 is 18.7 Å². The number of carbonyl (C=O) groups excluding carboxylic acids is 2. The monoisotopic (exact) mass is 544 g/mol. The van der Waals surface area contributed by atoms with E-state index in [1.54, 1.807) is 25.1 Å². The van der Waals surface area contributed by atoms with Crippen LogP contribution in [-0.4, -0.2) is 63.6 Å². The fourth-order valence-corrected chi connectivity index (χ4v) is 4.90. The molecule has 1 atom stereocenters. The molecular formula is C30H33FN6O3. The molecule has 1 unspecified atom stereocenters. The van der Waals surface area contributed by atoms with Crippen LogP contribution in [0.1, 0.15) is 25.8 Å². The van der Waals surface area contributed by atoms with Gasteiger partial charge in [-0.05, 0) is 55.8 Å². The Kier molecular flexibility index (Phi) is 8.06. The van der Waals surface area contributed by atoms with Crippen molar-refractivity contribution in [3.8, 4) is 0 Å². The maximum absolute atomic E-state index is 14.8. The van der Waals surface area contributed by atoms with Crippen LogP contribution in [0.25, 0.3) is 11.0 Å². The second-order valence-corrected chi connectivity index (χ2v) is 10.0. The number of amides is 2. The molecule has 3 aromatic carbocycles. The molecule has 1 aliphatic rings. The van der Waals surface area contributed by atoms with Gasteiger partial charge in [0.1, 0.15) is 23.4 Å². The molecule has 1 aliphatic heterocycles. The average Bonchev–Trinajstić information content (AvgIpc) is 3.39. The van der Waals surface area contributed by atoms with Crippen molar-refractivity contribution in [3.05, 3.63) is 84.2 Å². The first-order valence-electron chi connectivity index (χ1n) is 13.5. The van der Waals surface area contributed by atoms with Crippen molar-refractivity contribution in [1.29, 1.82) is 0 Å². The number of para-hydroxylation sites is 1. The van der Waals surface area contributed by atoms with E-state index < -0.39 is 11.4 Å². The summed E-state index contributed by atoms with van der Waals surface area (Å²) in [5.74, 6) is -1.17. The minimum Gasteiger partial charge on any atom is -0.378 e. The molecule has 2 heterocycles. The maximum Gasteiger partial charge on any atom is 0.250 e. The van der Waals surface area contributed by atoms with E-state index in [0.29, 0.717) is 41.9 Å². The summed E-state index contributed by atoms with van der Waals surface area (Å²) in [6, 6.07) is 21.2. The van der Waals surface area contributed by atoms with Crippen LogP contribution in [-0.2, 0) is 27.4 Å². The van der Waals surface area contributed by atoms with Gasteiger partial charge in [-0.3, -0.25) is 9.59 Å². The van der Waals surface area contributed by atoms with Crippen LogP contribution in [0.3, 0.4) is 0 Å². The molecule has 4 aromatic rings. The van der Waals surface area contributed by atoms with E-state index in [9.17, 15) is 14.0 Å². The van der Waals surface area contributed by atoms with Gasteiger partial charge >= 0.3 is 0 Å². The van der Waals surface area contributed by atoms with Crippen LogP contribution in [0, 0.1) is 5.82 Å². The quantitative estimate of drug-likeness (QED) is 0.339. The zero-order valence-corrected chi connectivity index (χ0v) is 22.7. The van der Waals surface area contributed by atoms with Crippen molar-refractivity contribution >= 4 is 34.2 Å². The van der Waals surface area contributed by atoms with E-state index in [1.165, 1.54) is 15.6 Å². The number of morpholine rings is 1. The highest BCUT2D eigenvalue weighted by Gasteiger charge is 2.41. The predicted molar refractivity (Wildman–Crippen MR) is 151 cm³/mol. The molecule has 5 rings (SSSR count). The van der Waals surface area contributed by atoms with Gasteiger partial charge in [0, 0.05) is 36.6 Å².